The third-order valence-electron chi connectivity index (χ3n) is 3.40. The molecule has 6 heteroatoms. The van der Waals surface area contributed by atoms with E-state index in [1.165, 1.54) is 7.11 Å². The average Bonchev–Trinajstić information content (AvgIpc) is 2.56. The van der Waals surface area contributed by atoms with Crippen LogP contribution in [0, 0.1) is 12.8 Å². The van der Waals surface area contributed by atoms with E-state index in [0.717, 1.165) is 5.56 Å². The number of hydrogen-bond acceptors (Lipinski definition) is 5. The van der Waals surface area contributed by atoms with Crippen LogP contribution in [0.25, 0.3) is 0 Å². The topological polar surface area (TPSA) is 65.1 Å². The van der Waals surface area contributed by atoms with E-state index in [1.807, 2.05) is 31.2 Å². The molecule has 0 saturated heterocycles. The molecule has 0 aromatic heterocycles. The SMILES string of the molecule is COCCN(CC(C)C(=O)OC)C(=O)COc1ccc(C)cc1. The maximum atomic E-state index is 12.3. The lowest BCUT2D eigenvalue weighted by molar-refractivity contribution is -0.146. The van der Waals surface area contributed by atoms with E-state index in [0.29, 0.717) is 18.9 Å². The smallest absolute Gasteiger partial charge is 0.310 e. The highest BCUT2D eigenvalue weighted by Crippen LogP contribution is 2.12. The normalized spacial score (nSPS) is 11.7. The Labute approximate surface area is 137 Å². The first kappa shape index (κ1) is 19.0. The fourth-order valence-electron chi connectivity index (χ4n) is 2.00. The molecule has 0 heterocycles. The number of rotatable bonds is 9. The lowest BCUT2D eigenvalue weighted by Crippen LogP contribution is -2.41. The van der Waals surface area contributed by atoms with Crippen molar-refractivity contribution in [2.75, 3.05) is 40.5 Å². The summed E-state index contributed by atoms with van der Waals surface area (Å²) < 4.78 is 15.2. The van der Waals surface area contributed by atoms with E-state index in [2.05, 4.69) is 0 Å². The molecule has 0 N–H and O–H groups in total. The van der Waals surface area contributed by atoms with Crippen molar-refractivity contribution in [3.05, 3.63) is 29.8 Å². The van der Waals surface area contributed by atoms with Crippen molar-refractivity contribution in [3.8, 4) is 5.75 Å². The number of nitrogens with zero attached hydrogens (tertiary/aromatic N) is 1. The molecule has 6 nitrogen and oxygen atoms in total. The van der Waals surface area contributed by atoms with Gasteiger partial charge in [0.05, 0.1) is 19.6 Å². The highest BCUT2D eigenvalue weighted by Gasteiger charge is 2.21. The monoisotopic (exact) mass is 323 g/mol. The third kappa shape index (κ3) is 6.69. The number of hydrogen-bond donors (Lipinski definition) is 0. The zero-order valence-electron chi connectivity index (χ0n) is 14.2. The van der Waals surface area contributed by atoms with E-state index in [9.17, 15) is 9.59 Å². The second-order valence-electron chi connectivity index (χ2n) is 5.36. The fraction of sp³-hybridized carbons (Fsp3) is 0.529. The van der Waals surface area contributed by atoms with Gasteiger partial charge in [-0.25, -0.2) is 0 Å². The molecule has 0 aliphatic carbocycles. The first-order valence-corrected chi connectivity index (χ1v) is 7.52. The Morgan fingerprint density at radius 2 is 1.83 bits per heavy atom. The number of carbonyl (C=O) groups is 2. The molecule has 1 aromatic rings. The predicted molar refractivity (Wildman–Crippen MR) is 86.3 cm³/mol. The van der Waals surface area contributed by atoms with Crippen LogP contribution in [0.4, 0.5) is 0 Å². The third-order valence-corrected chi connectivity index (χ3v) is 3.40. The number of aryl methyl sites for hydroxylation is 1. The van der Waals surface area contributed by atoms with Gasteiger partial charge in [-0.2, -0.15) is 0 Å². The summed E-state index contributed by atoms with van der Waals surface area (Å²) in [5, 5.41) is 0. The van der Waals surface area contributed by atoms with E-state index in [-0.39, 0.29) is 25.0 Å². The van der Waals surface area contributed by atoms with Gasteiger partial charge < -0.3 is 19.1 Å². The minimum absolute atomic E-state index is 0.0827. The fourth-order valence-corrected chi connectivity index (χ4v) is 2.00. The Kier molecular flexibility index (Phi) is 8.11. The van der Waals surface area contributed by atoms with Crippen LogP contribution >= 0.6 is 0 Å². The summed E-state index contributed by atoms with van der Waals surface area (Å²) in [6.45, 7) is 4.68. The van der Waals surface area contributed by atoms with Gasteiger partial charge in [0.25, 0.3) is 5.91 Å². The minimum atomic E-state index is -0.403. The zero-order chi connectivity index (χ0) is 17.2. The molecule has 0 aliphatic heterocycles. The number of ether oxygens (including phenoxy) is 3. The van der Waals surface area contributed by atoms with Crippen LogP contribution in [0.3, 0.4) is 0 Å². The van der Waals surface area contributed by atoms with E-state index < -0.39 is 5.92 Å². The summed E-state index contributed by atoms with van der Waals surface area (Å²) >= 11 is 0. The van der Waals surface area contributed by atoms with Crippen molar-refractivity contribution in [2.45, 2.75) is 13.8 Å². The quantitative estimate of drug-likeness (QED) is 0.647. The van der Waals surface area contributed by atoms with Crippen molar-refractivity contribution in [1.82, 2.24) is 4.90 Å². The largest absolute Gasteiger partial charge is 0.484 e. The number of esters is 1. The molecule has 1 atom stereocenters. The van der Waals surface area contributed by atoms with Crippen molar-refractivity contribution in [1.29, 1.82) is 0 Å². The van der Waals surface area contributed by atoms with E-state index >= 15 is 0 Å². The van der Waals surface area contributed by atoms with Crippen LogP contribution in [0.1, 0.15) is 12.5 Å². The minimum Gasteiger partial charge on any atom is -0.484 e. The van der Waals surface area contributed by atoms with Gasteiger partial charge in [-0.3, -0.25) is 9.59 Å². The summed E-state index contributed by atoms with van der Waals surface area (Å²) in [6, 6.07) is 7.47. The first-order valence-electron chi connectivity index (χ1n) is 7.52. The summed E-state index contributed by atoms with van der Waals surface area (Å²) in [7, 11) is 2.90. The molecule has 1 aromatic carbocycles. The van der Waals surface area contributed by atoms with Gasteiger partial charge in [0.1, 0.15) is 5.75 Å². The number of amides is 1. The Bertz CT molecular complexity index is 500. The van der Waals surface area contributed by atoms with Crippen molar-refractivity contribution in [3.63, 3.8) is 0 Å². The van der Waals surface area contributed by atoms with Gasteiger partial charge in [0.15, 0.2) is 6.61 Å². The molecule has 0 aliphatic rings. The second kappa shape index (κ2) is 9.84. The molecule has 23 heavy (non-hydrogen) atoms. The lowest BCUT2D eigenvalue weighted by atomic mass is 10.1. The van der Waals surface area contributed by atoms with Gasteiger partial charge in [-0.1, -0.05) is 24.6 Å². The summed E-state index contributed by atoms with van der Waals surface area (Å²) in [5.74, 6) is -0.310. The maximum absolute atomic E-state index is 12.3. The summed E-state index contributed by atoms with van der Waals surface area (Å²) in [6.07, 6.45) is 0. The Morgan fingerprint density at radius 1 is 1.17 bits per heavy atom. The highest BCUT2D eigenvalue weighted by molar-refractivity contribution is 5.79. The van der Waals surface area contributed by atoms with Crippen molar-refractivity contribution < 1.29 is 23.8 Å². The summed E-state index contributed by atoms with van der Waals surface area (Å²) in [4.78, 5) is 25.4. The molecule has 1 amide bonds. The van der Waals surface area contributed by atoms with E-state index in [4.69, 9.17) is 14.2 Å². The van der Waals surface area contributed by atoms with Crippen LogP contribution in [-0.2, 0) is 19.1 Å². The van der Waals surface area contributed by atoms with Gasteiger partial charge in [-0.15, -0.1) is 0 Å². The molecule has 0 saturated carbocycles. The average molecular weight is 323 g/mol. The first-order chi connectivity index (χ1) is 11.0. The van der Waals surface area contributed by atoms with E-state index in [1.54, 1.807) is 18.9 Å². The van der Waals surface area contributed by atoms with Crippen molar-refractivity contribution in [2.24, 2.45) is 5.92 Å². The molecular weight excluding hydrogens is 298 g/mol. The van der Waals surface area contributed by atoms with Gasteiger partial charge in [-0.05, 0) is 19.1 Å². The van der Waals surface area contributed by atoms with Crippen molar-refractivity contribution >= 4 is 11.9 Å². The Hall–Kier alpha value is -2.08. The number of benzene rings is 1. The summed E-state index contributed by atoms with van der Waals surface area (Å²) in [5.41, 5.74) is 1.12. The van der Waals surface area contributed by atoms with Crippen LogP contribution in [0.15, 0.2) is 24.3 Å². The van der Waals surface area contributed by atoms with Gasteiger partial charge in [0.2, 0.25) is 0 Å². The Balaban J connectivity index is 2.59. The molecule has 0 fully saturated rings. The lowest BCUT2D eigenvalue weighted by Gasteiger charge is -2.24. The standard InChI is InChI=1S/C17H25NO5/c1-13-5-7-15(8-6-13)23-12-16(19)18(9-10-21-3)11-14(2)17(20)22-4/h5-8,14H,9-12H2,1-4H3. The van der Waals surface area contributed by atoms with Gasteiger partial charge >= 0.3 is 5.97 Å². The second-order valence-corrected chi connectivity index (χ2v) is 5.36. The molecule has 0 radical (unpaired) electrons. The molecule has 1 unspecified atom stereocenters. The molecule has 0 bridgehead atoms. The Morgan fingerprint density at radius 3 is 2.39 bits per heavy atom. The molecular formula is C17H25NO5. The van der Waals surface area contributed by atoms with Crippen LogP contribution in [-0.4, -0.2) is 57.3 Å². The van der Waals surface area contributed by atoms with Crippen LogP contribution in [0.2, 0.25) is 0 Å². The number of methoxy groups -OCH3 is 2. The molecule has 128 valence electrons. The van der Waals surface area contributed by atoms with Crippen LogP contribution < -0.4 is 4.74 Å². The molecule has 0 spiro atoms. The number of carbonyl (C=O) groups excluding carboxylic acids is 2. The zero-order valence-corrected chi connectivity index (χ0v) is 14.2. The van der Waals surface area contributed by atoms with Gasteiger partial charge in [0, 0.05) is 20.2 Å². The highest BCUT2D eigenvalue weighted by atomic mass is 16.5. The maximum Gasteiger partial charge on any atom is 0.310 e. The predicted octanol–water partition coefficient (Wildman–Crippen LogP) is 1.66. The molecule has 1 rings (SSSR count). The van der Waals surface area contributed by atoms with Crippen LogP contribution in [0.5, 0.6) is 5.75 Å².